The normalized spacial score (nSPS) is 10.8. The third-order valence-electron chi connectivity index (χ3n) is 4.71. The maximum atomic E-state index is 12.2. The van der Waals surface area contributed by atoms with Gasteiger partial charge in [0.05, 0.1) is 0 Å². The summed E-state index contributed by atoms with van der Waals surface area (Å²) in [4.78, 5) is 23.6. The van der Waals surface area contributed by atoms with Crippen molar-refractivity contribution in [3.63, 3.8) is 0 Å². The second-order valence-corrected chi connectivity index (χ2v) is 7.15. The first kappa shape index (κ1) is 26.9. The molecule has 2 rings (SSSR count). The Morgan fingerprint density at radius 1 is 1.00 bits per heavy atom. The van der Waals surface area contributed by atoms with Crippen LogP contribution in [0.15, 0.2) is 48.5 Å². The van der Waals surface area contributed by atoms with Gasteiger partial charge in [-0.25, -0.2) is 5.48 Å². The maximum Gasteiger partial charge on any atom is 0.267 e. The Morgan fingerprint density at radius 3 is 2.12 bits per heavy atom. The van der Waals surface area contributed by atoms with Crippen LogP contribution in [-0.2, 0) is 11.3 Å². The first-order valence-corrected chi connectivity index (χ1v) is 10.4. The van der Waals surface area contributed by atoms with Crippen molar-refractivity contribution in [2.45, 2.75) is 46.2 Å². The molecule has 0 spiro atoms. The minimum atomic E-state index is -1.01. The zero-order chi connectivity index (χ0) is 22.5. The highest BCUT2D eigenvalue weighted by molar-refractivity contribution is 5.97. The van der Waals surface area contributed by atoms with Crippen molar-refractivity contribution in [2.24, 2.45) is 5.73 Å². The van der Waals surface area contributed by atoms with Crippen LogP contribution in [0.5, 0.6) is 0 Å². The van der Waals surface area contributed by atoms with Gasteiger partial charge in [-0.05, 0) is 54.9 Å². The van der Waals surface area contributed by atoms with E-state index in [-0.39, 0.29) is 14.0 Å². The third kappa shape index (κ3) is 8.90. The highest BCUT2D eigenvalue weighted by atomic mass is 16.5. The number of hydroxylamine groups is 1. The molecule has 0 unspecified atom stereocenters. The molecule has 32 heavy (non-hydrogen) atoms. The summed E-state index contributed by atoms with van der Waals surface area (Å²) in [5, 5.41) is 14.6. The van der Waals surface area contributed by atoms with Gasteiger partial charge in [-0.1, -0.05) is 51.2 Å². The van der Waals surface area contributed by atoms with Crippen LogP contribution in [0.2, 0.25) is 0 Å². The molecular formula is C25H34N4O3. The van der Waals surface area contributed by atoms with Crippen molar-refractivity contribution in [1.29, 1.82) is 0 Å². The van der Waals surface area contributed by atoms with Gasteiger partial charge in [0.15, 0.2) is 0 Å². The SMILES string of the molecule is C.CCCCCNCc1ccc(C#Cc2ccc(C(=O)N[C@@H](CN)C(=O)NO)cc2)cc1. The van der Waals surface area contributed by atoms with E-state index >= 15 is 0 Å². The van der Waals surface area contributed by atoms with E-state index in [0.29, 0.717) is 5.56 Å². The van der Waals surface area contributed by atoms with Crippen LogP contribution >= 0.6 is 0 Å². The molecule has 1 atom stereocenters. The van der Waals surface area contributed by atoms with Gasteiger partial charge in [-0.3, -0.25) is 14.8 Å². The topological polar surface area (TPSA) is 116 Å². The van der Waals surface area contributed by atoms with Crippen molar-refractivity contribution in [2.75, 3.05) is 13.1 Å². The number of carbonyl (C=O) groups excluding carboxylic acids is 2. The Hall–Kier alpha value is -3.18. The molecule has 0 saturated heterocycles. The second-order valence-electron chi connectivity index (χ2n) is 7.15. The van der Waals surface area contributed by atoms with Crippen molar-refractivity contribution < 1.29 is 14.8 Å². The molecule has 0 radical (unpaired) electrons. The van der Waals surface area contributed by atoms with E-state index in [2.05, 4.69) is 41.5 Å². The zero-order valence-electron chi connectivity index (χ0n) is 17.8. The van der Waals surface area contributed by atoms with Crippen LogP contribution in [0.1, 0.15) is 60.7 Å². The third-order valence-corrected chi connectivity index (χ3v) is 4.71. The molecule has 0 aliphatic rings. The van der Waals surface area contributed by atoms with E-state index in [4.69, 9.17) is 10.9 Å². The van der Waals surface area contributed by atoms with Crippen molar-refractivity contribution in [3.05, 3.63) is 70.8 Å². The summed E-state index contributed by atoms with van der Waals surface area (Å²) in [6.45, 7) is 3.96. The van der Waals surface area contributed by atoms with Gasteiger partial charge in [-0.2, -0.15) is 0 Å². The number of amides is 2. The molecule has 7 heteroatoms. The van der Waals surface area contributed by atoms with Crippen molar-refractivity contribution in [3.8, 4) is 11.8 Å². The summed E-state index contributed by atoms with van der Waals surface area (Å²) in [5.41, 5.74) is 10.2. The van der Waals surface area contributed by atoms with Crippen LogP contribution in [-0.4, -0.2) is 36.2 Å². The molecule has 2 amide bonds. The number of carbonyl (C=O) groups is 2. The molecule has 172 valence electrons. The quantitative estimate of drug-likeness (QED) is 0.169. The Morgan fingerprint density at radius 2 is 1.59 bits per heavy atom. The van der Waals surface area contributed by atoms with Gasteiger partial charge in [0.1, 0.15) is 6.04 Å². The lowest BCUT2D eigenvalue weighted by atomic mass is 10.1. The monoisotopic (exact) mass is 438 g/mol. The van der Waals surface area contributed by atoms with Gasteiger partial charge in [0, 0.05) is 29.8 Å². The minimum Gasteiger partial charge on any atom is -0.339 e. The van der Waals surface area contributed by atoms with Crippen LogP contribution < -0.4 is 21.8 Å². The van der Waals surface area contributed by atoms with Crippen molar-refractivity contribution in [1.82, 2.24) is 16.1 Å². The molecule has 2 aromatic carbocycles. The molecule has 0 aliphatic carbocycles. The van der Waals surface area contributed by atoms with Gasteiger partial charge in [-0.15, -0.1) is 0 Å². The molecule has 0 saturated carbocycles. The Kier molecular flexibility index (Phi) is 12.4. The molecule has 6 N–H and O–H groups in total. The number of nitrogens with two attached hydrogens (primary N) is 1. The van der Waals surface area contributed by atoms with E-state index < -0.39 is 17.9 Å². The summed E-state index contributed by atoms with van der Waals surface area (Å²) >= 11 is 0. The summed E-state index contributed by atoms with van der Waals surface area (Å²) in [6.07, 6.45) is 3.68. The first-order chi connectivity index (χ1) is 15.1. The maximum absolute atomic E-state index is 12.2. The average molecular weight is 439 g/mol. The van der Waals surface area contributed by atoms with Crippen LogP contribution in [0.3, 0.4) is 0 Å². The standard InChI is InChI=1S/C24H30N4O3.CH4/c1-2-3-4-15-26-17-20-9-7-18(8-10-20)5-6-19-11-13-21(14-12-19)23(29)27-22(16-25)24(30)28-31;/h7-14,22,26,31H,2-4,15-17,25H2,1H3,(H,27,29)(H,28,30);1H4/t22-;/m0./s1. The Labute approximate surface area is 190 Å². The van der Waals surface area contributed by atoms with Crippen LogP contribution in [0, 0.1) is 11.8 Å². The number of rotatable bonds is 10. The molecule has 0 aromatic heterocycles. The fourth-order valence-electron chi connectivity index (χ4n) is 2.84. The molecule has 7 nitrogen and oxygen atoms in total. The molecule has 0 aliphatic heterocycles. The Balaban J connectivity index is 0.00000512. The van der Waals surface area contributed by atoms with Gasteiger partial charge >= 0.3 is 0 Å². The fourth-order valence-corrected chi connectivity index (χ4v) is 2.84. The lowest BCUT2D eigenvalue weighted by Gasteiger charge is -2.14. The first-order valence-electron chi connectivity index (χ1n) is 10.4. The minimum absolute atomic E-state index is 0. The second kappa shape index (κ2) is 14.8. The summed E-state index contributed by atoms with van der Waals surface area (Å²) in [6, 6.07) is 13.8. The van der Waals surface area contributed by atoms with Crippen LogP contribution in [0.4, 0.5) is 0 Å². The predicted molar refractivity (Wildman–Crippen MR) is 127 cm³/mol. The smallest absolute Gasteiger partial charge is 0.267 e. The number of unbranched alkanes of at least 4 members (excludes halogenated alkanes) is 2. The van der Waals surface area contributed by atoms with Gasteiger partial charge in [0.2, 0.25) is 0 Å². The van der Waals surface area contributed by atoms with E-state index in [9.17, 15) is 9.59 Å². The van der Waals surface area contributed by atoms with E-state index in [1.54, 1.807) is 24.3 Å². The summed E-state index contributed by atoms with van der Waals surface area (Å²) in [5.74, 6) is 4.97. The van der Waals surface area contributed by atoms with Gasteiger partial charge < -0.3 is 16.4 Å². The predicted octanol–water partition coefficient (Wildman–Crippen LogP) is 2.56. The lowest BCUT2D eigenvalue weighted by Crippen LogP contribution is -2.50. The molecule has 0 bridgehead atoms. The van der Waals surface area contributed by atoms with E-state index in [0.717, 1.165) is 24.2 Å². The highest BCUT2D eigenvalue weighted by Gasteiger charge is 2.19. The number of nitrogens with one attached hydrogen (secondary N) is 3. The van der Waals surface area contributed by atoms with Crippen molar-refractivity contribution >= 4 is 11.8 Å². The molecule has 2 aromatic rings. The molecule has 0 heterocycles. The summed E-state index contributed by atoms with van der Waals surface area (Å²) < 4.78 is 0. The summed E-state index contributed by atoms with van der Waals surface area (Å²) in [7, 11) is 0. The Bertz CT molecular complexity index is 900. The lowest BCUT2D eigenvalue weighted by molar-refractivity contribution is -0.130. The molecule has 0 fully saturated rings. The number of hydrogen-bond acceptors (Lipinski definition) is 5. The number of benzene rings is 2. The van der Waals surface area contributed by atoms with Gasteiger partial charge in [0.25, 0.3) is 11.8 Å². The fraction of sp³-hybridized carbons (Fsp3) is 0.360. The highest BCUT2D eigenvalue weighted by Crippen LogP contribution is 2.06. The number of hydrogen-bond donors (Lipinski definition) is 5. The average Bonchev–Trinajstić information content (AvgIpc) is 2.81. The van der Waals surface area contributed by atoms with E-state index in [1.807, 2.05) is 12.1 Å². The van der Waals surface area contributed by atoms with Crippen LogP contribution in [0.25, 0.3) is 0 Å². The molecular weight excluding hydrogens is 404 g/mol. The van der Waals surface area contributed by atoms with E-state index in [1.165, 1.54) is 30.3 Å². The largest absolute Gasteiger partial charge is 0.339 e. The zero-order valence-corrected chi connectivity index (χ0v) is 17.8.